The third kappa shape index (κ3) is 3.92. The molecule has 0 radical (unpaired) electrons. The molecule has 2 aromatic carbocycles. The van der Waals surface area contributed by atoms with Gasteiger partial charge in [-0.3, -0.25) is 9.10 Å². The highest BCUT2D eigenvalue weighted by atomic mass is 35.5. The van der Waals surface area contributed by atoms with Crippen molar-refractivity contribution in [2.24, 2.45) is 0 Å². The quantitative estimate of drug-likeness (QED) is 0.734. The summed E-state index contributed by atoms with van der Waals surface area (Å²) in [5, 5.41) is 3.05. The van der Waals surface area contributed by atoms with Crippen LogP contribution >= 0.6 is 11.6 Å². The second-order valence-corrected chi connectivity index (χ2v) is 8.32. The van der Waals surface area contributed by atoms with Gasteiger partial charge in [-0.25, -0.2) is 8.42 Å². The molecular formula is C19H19ClN2O3S. The van der Waals surface area contributed by atoms with Crippen LogP contribution in [0.3, 0.4) is 0 Å². The van der Waals surface area contributed by atoms with Gasteiger partial charge in [0.2, 0.25) is 0 Å². The Labute approximate surface area is 158 Å². The number of para-hydroxylation sites is 1. The highest BCUT2D eigenvalue weighted by Crippen LogP contribution is 2.27. The monoisotopic (exact) mass is 390 g/mol. The van der Waals surface area contributed by atoms with Gasteiger partial charge in [0.15, 0.2) is 0 Å². The van der Waals surface area contributed by atoms with Crippen molar-refractivity contribution in [3.63, 3.8) is 0 Å². The first-order chi connectivity index (χ1) is 12.4. The number of amides is 1. The number of anilines is 1. The third-order valence-corrected chi connectivity index (χ3v) is 6.14. The molecule has 5 nitrogen and oxygen atoms in total. The molecule has 0 heterocycles. The molecule has 26 heavy (non-hydrogen) atoms. The van der Waals surface area contributed by atoms with Crippen molar-refractivity contribution in [1.82, 2.24) is 5.32 Å². The zero-order valence-electron chi connectivity index (χ0n) is 14.1. The second kappa shape index (κ2) is 7.51. The van der Waals surface area contributed by atoms with E-state index in [0.717, 1.165) is 12.8 Å². The van der Waals surface area contributed by atoms with Crippen LogP contribution in [0.15, 0.2) is 66.1 Å². The number of nitrogens with one attached hydrogen (secondary N) is 1. The van der Waals surface area contributed by atoms with Crippen LogP contribution in [0, 0.1) is 0 Å². The molecule has 0 atom stereocenters. The summed E-state index contributed by atoms with van der Waals surface area (Å²) in [6.45, 7) is 3.75. The van der Waals surface area contributed by atoms with E-state index in [1.54, 1.807) is 24.3 Å². The molecule has 7 heteroatoms. The van der Waals surface area contributed by atoms with Gasteiger partial charge < -0.3 is 5.32 Å². The van der Waals surface area contributed by atoms with Gasteiger partial charge in [-0.05, 0) is 43.2 Å². The Balaban J connectivity index is 1.99. The first-order valence-electron chi connectivity index (χ1n) is 8.22. The molecule has 1 saturated carbocycles. The Bertz CT molecular complexity index is 925. The SMILES string of the molecule is C=CCN(c1ccccc1)S(=O)(=O)c1ccc(Cl)c(C(=O)NC2CC2)c1. The van der Waals surface area contributed by atoms with Gasteiger partial charge in [0, 0.05) is 6.04 Å². The van der Waals surface area contributed by atoms with E-state index in [4.69, 9.17) is 11.6 Å². The maximum absolute atomic E-state index is 13.1. The minimum atomic E-state index is -3.88. The van der Waals surface area contributed by atoms with Crippen molar-refractivity contribution in [2.75, 3.05) is 10.8 Å². The minimum Gasteiger partial charge on any atom is -0.349 e. The van der Waals surface area contributed by atoms with Gasteiger partial charge in [0.05, 0.1) is 27.7 Å². The molecule has 1 aliphatic carbocycles. The van der Waals surface area contributed by atoms with Crippen LogP contribution in [0.25, 0.3) is 0 Å². The molecule has 0 aromatic heterocycles. The fourth-order valence-corrected chi connectivity index (χ4v) is 4.18. The zero-order valence-corrected chi connectivity index (χ0v) is 15.6. The predicted octanol–water partition coefficient (Wildman–Crippen LogP) is 3.61. The van der Waals surface area contributed by atoms with E-state index in [9.17, 15) is 13.2 Å². The lowest BCUT2D eigenvalue weighted by Gasteiger charge is -2.23. The van der Waals surface area contributed by atoms with Gasteiger partial charge >= 0.3 is 0 Å². The maximum atomic E-state index is 13.1. The van der Waals surface area contributed by atoms with E-state index < -0.39 is 10.0 Å². The number of halogens is 1. The smallest absolute Gasteiger partial charge is 0.264 e. The van der Waals surface area contributed by atoms with Gasteiger partial charge in [0.1, 0.15) is 0 Å². The Morgan fingerprint density at radius 3 is 2.54 bits per heavy atom. The molecule has 0 unspecified atom stereocenters. The van der Waals surface area contributed by atoms with Crippen LogP contribution in [-0.2, 0) is 10.0 Å². The molecule has 0 spiro atoms. The molecule has 0 saturated heterocycles. The summed E-state index contributed by atoms with van der Waals surface area (Å²) >= 11 is 6.12. The molecule has 0 bridgehead atoms. The molecule has 2 aromatic rings. The van der Waals surface area contributed by atoms with E-state index in [1.165, 1.54) is 28.6 Å². The largest absolute Gasteiger partial charge is 0.349 e. The number of hydrogen-bond acceptors (Lipinski definition) is 3. The highest BCUT2D eigenvalue weighted by Gasteiger charge is 2.28. The van der Waals surface area contributed by atoms with E-state index >= 15 is 0 Å². The Morgan fingerprint density at radius 1 is 1.23 bits per heavy atom. The van der Waals surface area contributed by atoms with E-state index in [1.807, 2.05) is 6.07 Å². The zero-order chi connectivity index (χ0) is 18.7. The van der Waals surface area contributed by atoms with Crippen molar-refractivity contribution >= 4 is 33.2 Å². The summed E-state index contributed by atoms with van der Waals surface area (Å²) in [6.07, 6.45) is 3.38. The Hall–Kier alpha value is -2.31. The lowest BCUT2D eigenvalue weighted by Crippen LogP contribution is -2.31. The van der Waals surface area contributed by atoms with Crippen LogP contribution in [0.4, 0.5) is 5.69 Å². The van der Waals surface area contributed by atoms with Crippen molar-refractivity contribution < 1.29 is 13.2 Å². The van der Waals surface area contributed by atoms with Crippen molar-refractivity contribution in [3.8, 4) is 0 Å². The van der Waals surface area contributed by atoms with Crippen LogP contribution < -0.4 is 9.62 Å². The van der Waals surface area contributed by atoms with E-state index in [2.05, 4.69) is 11.9 Å². The highest BCUT2D eigenvalue weighted by molar-refractivity contribution is 7.92. The molecule has 3 rings (SSSR count). The van der Waals surface area contributed by atoms with Gasteiger partial charge in [0.25, 0.3) is 15.9 Å². The van der Waals surface area contributed by atoms with E-state index in [-0.39, 0.29) is 34.0 Å². The first kappa shape index (κ1) is 18.5. The number of nitrogens with zero attached hydrogens (tertiary/aromatic N) is 1. The summed E-state index contributed by atoms with van der Waals surface area (Å²) in [5.41, 5.74) is 0.678. The van der Waals surface area contributed by atoms with Crippen molar-refractivity contribution in [2.45, 2.75) is 23.8 Å². The molecule has 136 valence electrons. The van der Waals surface area contributed by atoms with Gasteiger partial charge in [-0.1, -0.05) is 35.9 Å². The summed E-state index contributed by atoms with van der Waals surface area (Å²) in [7, 11) is -3.88. The summed E-state index contributed by atoms with van der Waals surface area (Å²) in [5.74, 6) is -0.357. The van der Waals surface area contributed by atoms with E-state index in [0.29, 0.717) is 5.69 Å². The molecule has 1 fully saturated rings. The second-order valence-electron chi connectivity index (χ2n) is 6.05. The Kier molecular flexibility index (Phi) is 5.34. The lowest BCUT2D eigenvalue weighted by molar-refractivity contribution is 0.0951. The molecule has 1 amide bonds. The number of rotatable bonds is 7. The molecule has 1 N–H and O–H groups in total. The van der Waals surface area contributed by atoms with Crippen LogP contribution in [0.1, 0.15) is 23.2 Å². The Morgan fingerprint density at radius 2 is 1.92 bits per heavy atom. The van der Waals surface area contributed by atoms with Crippen LogP contribution in [0.5, 0.6) is 0 Å². The topological polar surface area (TPSA) is 66.5 Å². The van der Waals surface area contributed by atoms with Gasteiger partial charge in [-0.15, -0.1) is 6.58 Å². The summed E-state index contributed by atoms with van der Waals surface area (Å²) < 4.78 is 27.5. The molecule has 1 aliphatic rings. The number of carbonyl (C=O) groups excluding carboxylic acids is 1. The predicted molar refractivity (Wildman–Crippen MR) is 103 cm³/mol. The van der Waals surface area contributed by atoms with Gasteiger partial charge in [-0.2, -0.15) is 0 Å². The average molecular weight is 391 g/mol. The standard InChI is InChI=1S/C19H19ClN2O3S/c1-2-12-22(15-6-4-3-5-7-15)26(24,25)16-10-11-18(20)17(13-16)19(23)21-14-8-9-14/h2-7,10-11,13-14H,1,8-9,12H2,(H,21,23). The maximum Gasteiger partial charge on any atom is 0.264 e. The third-order valence-electron chi connectivity index (χ3n) is 4.02. The van der Waals surface area contributed by atoms with Crippen molar-refractivity contribution in [3.05, 3.63) is 71.8 Å². The number of sulfonamides is 1. The minimum absolute atomic E-state index is 0.00792. The fourth-order valence-electron chi connectivity index (χ4n) is 2.51. The lowest BCUT2D eigenvalue weighted by atomic mass is 10.2. The summed E-state index contributed by atoms with van der Waals surface area (Å²) in [6, 6.07) is 13.1. The molecular weight excluding hydrogens is 372 g/mol. The normalized spacial score (nSPS) is 13.9. The number of carbonyl (C=O) groups is 1. The average Bonchev–Trinajstić information content (AvgIpc) is 3.44. The van der Waals surface area contributed by atoms with Crippen LogP contribution in [0.2, 0.25) is 5.02 Å². The molecule has 0 aliphatic heterocycles. The van der Waals surface area contributed by atoms with Crippen molar-refractivity contribution in [1.29, 1.82) is 0 Å². The summed E-state index contributed by atoms with van der Waals surface area (Å²) in [4.78, 5) is 12.3. The first-order valence-corrected chi connectivity index (χ1v) is 10.0. The number of hydrogen-bond donors (Lipinski definition) is 1. The fraction of sp³-hybridized carbons (Fsp3) is 0.211. The number of benzene rings is 2. The van der Waals surface area contributed by atoms with Crippen LogP contribution in [-0.4, -0.2) is 26.9 Å².